The Morgan fingerprint density at radius 2 is 2.40 bits per heavy atom. The molecule has 10 heavy (non-hydrogen) atoms. The van der Waals surface area contributed by atoms with Gasteiger partial charge in [0.05, 0.1) is 5.60 Å². The van der Waals surface area contributed by atoms with Crippen molar-refractivity contribution in [3.8, 4) is 0 Å². The average molecular weight is 144 g/mol. The van der Waals surface area contributed by atoms with Crippen LogP contribution in [0.25, 0.3) is 0 Å². The molecule has 0 radical (unpaired) electrons. The highest BCUT2D eigenvalue weighted by molar-refractivity contribution is 4.88. The van der Waals surface area contributed by atoms with Crippen LogP contribution in [0.5, 0.6) is 0 Å². The summed E-state index contributed by atoms with van der Waals surface area (Å²) >= 11 is 0. The molecule has 0 saturated carbocycles. The highest BCUT2D eigenvalue weighted by Gasteiger charge is 2.34. The molecule has 1 rings (SSSR count). The van der Waals surface area contributed by atoms with Crippen molar-refractivity contribution in [1.82, 2.24) is 5.43 Å². The third-order valence-corrected chi connectivity index (χ3v) is 2.42. The summed E-state index contributed by atoms with van der Waals surface area (Å²) < 4.78 is 5.55. The zero-order valence-corrected chi connectivity index (χ0v) is 6.68. The summed E-state index contributed by atoms with van der Waals surface area (Å²) in [5.41, 5.74) is 2.69. The molecule has 3 nitrogen and oxygen atoms in total. The largest absolute Gasteiger partial charge is 0.374 e. The Morgan fingerprint density at radius 1 is 1.70 bits per heavy atom. The number of nitrogens with two attached hydrogens (primary N) is 1. The van der Waals surface area contributed by atoms with Crippen LogP contribution >= 0.6 is 0 Å². The highest BCUT2D eigenvalue weighted by Crippen LogP contribution is 2.27. The van der Waals surface area contributed by atoms with E-state index >= 15 is 0 Å². The van der Waals surface area contributed by atoms with Gasteiger partial charge in [-0.25, -0.2) is 0 Å². The van der Waals surface area contributed by atoms with E-state index in [-0.39, 0.29) is 11.6 Å². The van der Waals surface area contributed by atoms with Crippen LogP contribution < -0.4 is 11.3 Å². The summed E-state index contributed by atoms with van der Waals surface area (Å²) in [7, 11) is 0. The van der Waals surface area contributed by atoms with Crippen LogP contribution in [0.3, 0.4) is 0 Å². The van der Waals surface area contributed by atoms with Crippen molar-refractivity contribution in [2.24, 2.45) is 5.84 Å². The van der Waals surface area contributed by atoms with Crippen molar-refractivity contribution in [2.75, 3.05) is 6.61 Å². The second-order valence-corrected chi connectivity index (χ2v) is 3.15. The van der Waals surface area contributed by atoms with Gasteiger partial charge in [-0.1, -0.05) is 0 Å². The molecular weight excluding hydrogens is 128 g/mol. The van der Waals surface area contributed by atoms with E-state index in [1.165, 1.54) is 0 Å². The van der Waals surface area contributed by atoms with Crippen molar-refractivity contribution in [3.63, 3.8) is 0 Å². The molecule has 60 valence electrons. The second-order valence-electron chi connectivity index (χ2n) is 3.15. The van der Waals surface area contributed by atoms with E-state index in [4.69, 9.17) is 10.6 Å². The molecule has 1 aliphatic heterocycles. The van der Waals surface area contributed by atoms with Crippen molar-refractivity contribution < 1.29 is 4.74 Å². The first-order valence-corrected chi connectivity index (χ1v) is 3.79. The summed E-state index contributed by atoms with van der Waals surface area (Å²) in [5.74, 6) is 5.31. The number of hydrazine groups is 1. The van der Waals surface area contributed by atoms with Crippen molar-refractivity contribution in [2.45, 2.75) is 38.3 Å². The van der Waals surface area contributed by atoms with E-state index in [0.717, 1.165) is 19.4 Å². The van der Waals surface area contributed by atoms with E-state index in [1.807, 2.05) is 6.92 Å². The summed E-state index contributed by atoms with van der Waals surface area (Å²) in [6.07, 6.45) is 2.26. The molecule has 0 spiro atoms. The first-order chi connectivity index (χ1) is 4.69. The number of hydrogen-bond donors (Lipinski definition) is 2. The van der Waals surface area contributed by atoms with Gasteiger partial charge in [-0.2, -0.15) is 0 Å². The fourth-order valence-electron chi connectivity index (χ4n) is 1.32. The van der Waals surface area contributed by atoms with Crippen molar-refractivity contribution >= 4 is 0 Å². The van der Waals surface area contributed by atoms with Gasteiger partial charge in [-0.3, -0.25) is 11.3 Å². The smallest absolute Gasteiger partial charge is 0.0818 e. The molecule has 0 aromatic heterocycles. The molecule has 0 aromatic carbocycles. The summed E-state index contributed by atoms with van der Waals surface area (Å²) in [6, 6.07) is 0.245. The standard InChI is InChI=1S/C7H16N2O/c1-6(9-8)7(2)4-3-5-10-7/h6,9H,3-5,8H2,1-2H3. The highest BCUT2D eigenvalue weighted by atomic mass is 16.5. The number of nitrogens with one attached hydrogen (secondary N) is 1. The Balaban J connectivity index is 2.49. The average Bonchev–Trinajstić information content (AvgIpc) is 2.36. The lowest BCUT2D eigenvalue weighted by Gasteiger charge is -2.29. The Morgan fingerprint density at radius 3 is 2.80 bits per heavy atom. The maximum absolute atomic E-state index is 5.55. The van der Waals surface area contributed by atoms with Crippen molar-refractivity contribution in [3.05, 3.63) is 0 Å². The first kappa shape index (κ1) is 7.98. The van der Waals surface area contributed by atoms with Crippen LogP contribution in [0.1, 0.15) is 26.7 Å². The zero-order chi connectivity index (χ0) is 7.61. The molecule has 1 heterocycles. The van der Waals surface area contributed by atoms with E-state index < -0.39 is 0 Å². The third-order valence-electron chi connectivity index (χ3n) is 2.42. The van der Waals surface area contributed by atoms with Gasteiger partial charge >= 0.3 is 0 Å². The monoisotopic (exact) mass is 144 g/mol. The van der Waals surface area contributed by atoms with Crippen LogP contribution in [0, 0.1) is 0 Å². The van der Waals surface area contributed by atoms with E-state index in [9.17, 15) is 0 Å². The molecule has 1 aliphatic rings. The Hall–Kier alpha value is -0.120. The lowest BCUT2D eigenvalue weighted by molar-refractivity contribution is -0.00643. The van der Waals surface area contributed by atoms with Gasteiger partial charge in [0.15, 0.2) is 0 Å². The molecule has 3 N–H and O–H groups in total. The minimum atomic E-state index is -0.0330. The van der Waals surface area contributed by atoms with Crippen LogP contribution in [0.15, 0.2) is 0 Å². The Bertz CT molecular complexity index is 110. The molecule has 2 unspecified atom stereocenters. The molecule has 0 bridgehead atoms. The zero-order valence-electron chi connectivity index (χ0n) is 6.68. The number of rotatable bonds is 2. The van der Waals surface area contributed by atoms with Gasteiger partial charge in [0.25, 0.3) is 0 Å². The molecule has 1 saturated heterocycles. The van der Waals surface area contributed by atoms with Gasteiger partial charge in [-0.05, 0) is 26.7 Å². The summed E-state index contributed by atoms with van der Waals surface area (Å²) in [5, 5.41) is 0. The van der Waals surface area contributed by atoms with Gasteiger partial charge in [0, 0.05) is 12.6 Å². The topological polar surface area (TPSA) is 47.3 Å². The van der Waals surface area contributed by atoms with Gasteiger partial charge in [0.1, 0.15) is 0 Å². The Labute approximate surface area is 61.9 Å². The fraction of sp³-hybridized carbons (Fsp3) is 1.00. The molecule has 2 atom stereocenters. The van der Waals surface area contributed by atoms with Crippen molar-refractivity contribution in [1.29, 1.82) is 0 Å². The fourth-order valence-corrected chi connectivity index (χ4v) is 1.32. The van der Waals surface area contributed by atoms with E-state index in [1.54, 1.807) is 0 Å². The predicted molar refractivity (Wildman–Crippen MR) is 40.4 cm³/mol. The molecule has 0 aliphatic carbocycles. The molecule has 1 fully saturated rings. The number of ether oxygens (including phenoxy) is 1. The normalized spacial score (nSPS) is 36.3. The predicted octanol–water partition coefficient (Wildman–Crippen LogP) is 0.407. The van der Waals surface area contributed by atoms with Gasteiger partial charge in [-0.15, -0.1) is 0 Å². The molecule has 3 heteroatoms. The van der Waals surface area contributed by atoms with Gasteiger partial charge < -0.3 is 4.74 Å². The SMILES string of the molecule is CC(NN)C1(C)CCCO1. The summed E-state index contributed by atoms with van der Waals surface area (Å²) in [6.45, 7) is 5.03. The van der Waals surface area contributed by atoms with Crippen LogP contribution in [-0.2, 0) is 4.74 Å². The third kappa shape index (κ3) is 1.31. The van der Waals surface area contributed by atoms with Gasteiger partial charge in [0.2, 0.25) is 0 Å². The second kappa shape index (κ2) is 2.86. The van der Waals surface area contributed by atoms with Crippen LogP contribution in [0.4, 0.5) is 0 Å². The number of hydrogen-bond acceptors (Lipinski definition) is 3. The van der Waals surface area contributed by atoms with Crippen LogP contribution in [0.2, 0.25) is 0 Å². The first-order valence-electron chi connectivity index (χ1n) is 3.79. The summed E-state index contributed by atoms with van der Waals surface area (Å²) in [4.78, 5) is 0. The maximum Gasteiger partial charge on any atom is 0.0818 e. The minimum absolute atomic E-state index is 0.0330. The lowest BCUT2D eigenvalue weighted by atomic mass is 9.95. The molecular formula is C7H16N2O. The maximum atomic E-state index is 5.55. The van der Waals surface area contributed by atoms with E-state index in [2.05, 4.69) is 12.3 Å². The quantitative estimate of drug-likeness (QED) is 0.436. The Kier molecular flexibility index (Phi) is 2.28. The molecule has 0 amide bonds. The van der Waals surface area contributed by atoms with E-state index in [0.29, 0.717) is 0 Å². The van der Waals surface area contributed by atoms with Crippen LogP contribution in [-0.4, -0.2) is 18.2 Å². The molecule has 0 aromatic rings. The minimum Gasteiger partial charge on any atom is -0.374 e. The lowest BCUT2D eigenvalue weighted by Crippen LogP contribution is -2.49.